The molecule has 0 saturated carbocycles. The number of carbonyl (C=O) groups excluding carboxylic acids is 1. The highest BCUT2D eigenvalue weighted by atomic mass is 16.5. The molecule has 0 aromatic heterocycles. The van der Waals surface area contributed by atoms with Crippen molar-refractivity contribution < 1.29 is 19.4 Å². The smallest absolute Gasteiger partial charge is 0.323 e. The summed E-state index contributed by atoms with van der Waals surface area (Å²) in [6.07, 6.45) is 0.751. The molecular weight excluding hydrogens is 236 g/mol. The summed E-state index contributed by atoms with van der Waals surface area (Å²) in [5, 5.41) is 11.7. The molecule has 1 heterocycles. The third kappa shape index (κ3) is 4.52. The zero-order valence-corrected chi connectivity index (χ0v) is 11.2. The van der Waals surface area contributed by atoms with Crippen molar-refractivity contribution in [3.63, 3.8) is 0 Å². The quantitative estimate of drug-likeness (QED) is 0.768. The zero-order chi connectivity index (χ0) is 13.8. The van der Waals surface area contributed by atoms with Crippen molar-refractivity contribution in [3.05, 3.63) is 0 Å². The van der Waals surface area contributed by atoms with Gasteiger partial charge in [0.05, 0.1) is 12.1 Å². The highest BCUT2D eigenvalue weighted by Crippen LogP contribution is 2.18. The largest absolute Gasteiger partial charge is 0.480 e. The molecule has 1 aliphatic heterocycles. The summed E-state index contributed by atoms with van der Waals surface area (Å²) in [7, 11) is 0. The molecule has 0 aromatic carbocycles. The van der Waals surface area contributed by atoms with Crippen LogP contribution in [0.2, 0.25) is 0 Å². The third-order valence-corrected chi connectivity index (χ3v) is 2.83. The average molecular weight is 258 g/mol. The molecule has 0 bridgehead atoms. The van der Waals surface area contributed by atoms with Crippen LogP contribution in [0, 0.1) is 5.92 Å². The van der Waals surface area contributed by atoms with Crippen LogP contribution in [-0.2, 0) is 9.53 Å². The molecule has 0 radical (unpaired) electrons. The molecule has 1 unspecified atom stereocenters. The van der Waals surface area contributed by atoms with Crippen LogP contribution in [-0.4, -0.2) is 53.8 Å². The highest BCUT2D eigenvalue weighted by Gasteiger charge is 2.33. The normalized spacial score (nSPS) is 23.1. The number of carbonyl (C=O) groups is 2. The van der Waals surface area contributed by atoms with E-state index >= 15 is 0 Å². The Morgan fingerprint density at radius 1 is 1.50 bits per heavy atom. The van der Waals surface area contributed by atoms with Gasteiger partial charge in [0.15, 0.2) is 0 Å². The lowest BCUT2D eigenvalue weighted by Crippen LogP contribution is -2.53. The Kier molecular flexibility index (Phi) is 4.95. The second-order valence-corrected chi connectivity index (χ2v) is 5.46. The Morgan fingerprint density at radius 3 is 2.61 bits per heavy atom. The number of amides is 2. The van der Waals surface area contributed by atoms with Crippen LogP contribution in [0.3, 0.4) is 0 Å². The van der Waals surface area contributed by atoms with Gasteiger partial charge in [-0.2, -0.15) is 0 Å². The number of hydrogen-bond donors (Lipinski definition) is 2. The summed E-state index contributed by atoms with van der Waals surface area (Å²) in [4.78, 5) is 24.2. The topological polar surface area (TPSA) is 78.9 Å². The fourth-order valence-electron chi connectivity index (χ4n) is 1.93. The van der Waals surface area contributed by atoms with Gasteiger partial charge in [-0.25, -0.2) is 4.79 Å². The van der Waals surface area contributed by atoms with Crippen molar-refractivity contribution in [3.8, 4) is 0 Å². The van der Waals surface area contributed by atoms with Crippen molar-refractivity contribution in [1.82, 2.24) is 10.2 Å². The molecule has 6 heteroatoms. The van der Waals surface area contributed by atoms with Crippen LogP contribution >= 0.6 is 0 Å². The van der Waals surface area contributed by atoms with Crippen molar-refractivity contribution in [1.29, 1.82) is 0 Å². The minimum atomic E-state index is -1.00. The van der Waals surface area contributed by atoms with Crippen molar-refractivity contribution in [2.75, 3.05) is 26.3 Å². The van der Waals surface area contributed by atoms with Crippen LogP contribution in [0.15, 0.2) is 0 Å². The molecular formula is C12H22N2O4. The van der Waals surface area contributed by atoms with Crippen LogP contribution < -0.4 is 5.32 Å². The maximum absolute atomic E-state index is 12.1. The summed E-state index contributed by atoms with van der Waals surface area (Å²) in [5.41, 5.74) is -0.384. The van der Waals surface area contributed by atoms with Gasteiger partial charge in [0, 0.05) is 13.2 Å². The van der Waals surface area contributed by atoms with E-state index in [2.05, 4.69) is 5.32 Å². The van der Waals surface area contributed by atoms with Gasteiger partial charge in [-0.1, -0.05) is 13.8 Å². The van der Waals surface area contributed by atoms with Crippen LogP contribution in [0.25, 0.3) is 0 Å². The van der Waals surface area contributed by atoms with Gasteiger partial charge in [-0.15, -0.1) is 0 Å². The van der Waals surface area contributed by atoms with E-state index < -0.39 is 5.97 Å². The Morgan fingerprint density at radius 2 is 2.17 bits per heavy atom. The Hall–Kier alpha value is -1.30. The van der Waals surface area contributed by atoms with Crippen LogP contribution in [0.4, 0.5) is 4.79 Å². The molecule has 1 fully saturated rings. The first-order valence-corrected chi connectivity index (χ1v) is 6.19. The lowest BCUT2D eigenvalue weighted by Gasteiger charge is -2.29. The maximum atomic E-state index is 12.1. The van der Waals surface area contributed by atoms with E-state index in [1.165, 1.54) is 4.90 Å². The first-order chi connectivity index (χ1) is 8.32. The predicted molar refractivity (Wildman–Crippen MR) is 66.4 cm³/mol. The SMILES string of the molecule is CC(C)CN(CC(=O)O)C(=O)NC1(C)CCOC1. The van der Waals surface area contributed by atoms with Crippen LogP contribution in [0.5, 0.6) is 0 Å². The molecule has 0 aliphatic carbocycles. The highest BCUT2D eigenvalue weighted by molar-refractivity contribution is 5.80. The molecule has 1 atom stereocenters. The van der Waals surface area contributed by atoms with Gasteiger partial charge in [0.25, 0.3) is 0 Å². The van der Waals surface area contributed by atoms with E-state index in [4.69, 9.17) is 9.84 Å². The summed E-state index contributed by atoms with van der Waals surface area (Å²) in [6, 6.07) is -0.334. The van der Waals surface area contributed by atoms with E-state index in [1.54, 1.807) is 0 Å². The number of aliphatic carboxylic acids is 1. The van der Waals surface area contributed by atoms with Crippen molar-refractivity contribution in [2.45, 2.75) is 32.7 Å². The molecule has 1 aliphatic rings. The Bertz CT molecular complexity index is 311. The van der Waals surface area contributed by atoms with Gasteiger partial charge in [0.2, 0.25) is 0 Å². The first-order valence-electron chi connectivity index (χ1n) is 6.19. The van der Waals surface area contributed by atoms with Gasteiger partial charge in [-0.3, -0.25) is 4.79 Å². The number of hydrogen-bond acceptors (Lipinski definition) is 3. The van der Waals surface area contributed by atoms with E-state index in [-0.39, 0.29) is 24.0 Å². The average Bonchev–Trinajstić information content (AvgIpc) is 2.62. The van der Waals surface area contributed by atoms with Gasteiger partial charge in [0.1, 0.15) is 6.54 Å². The van der Waals surface area contributed by atoms with E-state index in [9.17, 15) is 9.59 Å². The monoisotopic (exact) mass is 258 g/mol. The van der Waals surface area contributed by atoms with E-state index in [0.29, 0.717) is 19.8 Å². The molecule has 0 aromatic rings. The second-order valence-electron chi connectivity index (χ2n) is 5.46. The maximum Gasteiger partial charge on any atom is 0.323 e. The summed E-state index contributed by atoms with van der Waals surface area (Å²) >= 11 is 0. The lowest BCUT2D eigenvalue weighted by molar-refractivity contribution is -0.137. The number of ether oxygens (including phenoxy) is 1. The fraction of sp³-hybridized carbons (Fsp3) is 0.833. The summed E-state index contributed by atoms with van der Waals surface area (Å²) in [5.74, 6) is -0.777. The summed E-state index contributed by atoms with van der Waals surface area (Å²) in [6.45, 7) is 7.05. The first kappa shape index (κ1) is 14.8. The van der Waals surface area contributed by atoms with Gasteiger partial charge < -0.3 is 20.1 Å². The number of nitrogens with zero attached hydrogens (tertiary/aromatic N) is 1. The molecule has 2 N–H and O–H groups in total. The second kappa shape index (κ2) is 6.04. The molecule has 0 spiro atoms. The Balaban J connectivity index is 2.60. The van der Waals surface area contributed by atoms with E-state index in [1.807, 2.05) is 20.8 Å². The number of rotatable bonds is 5. The number of carboxylic acids is 1. The molecule has 104 valence electrons. The van der Waals surface area contributed by atoms with E-state index in [0.717, 1.165) is 6.42 Å². The summed E-state index contributed by atoms with van der Waals surface area (Å²) < 4.78 is 5.25. The van der Waals surface area contributed by atoms with Crippen LogP contribution in [0.1, 0.15) is 27.2 Å². The third-order valence-electron chi connectivity index (χ3n) is 2.83. The zero-order valence-electron chi connectivity index (χ0n) is 11.2. The number of nitrogens with one attached hydrogen (secondary N) is 1. The fourth-order valence-corrected chi connectivity index (χ4v) is 1.93. The molecule has 18 heavy (non-hydrogen) atoms. The molecule has 1 saturated heterocycles. The standard InChI is InChI=1S/C12H22N2O4/c1-9(2)6-14(7-10(15)16)11(17)13-12(3)4-5-18-8-12/h9H,4-8H2,1-3H3,(H,13,17)(H,15,16). The van der Waals surface area contributed by atoms with Gasteiger partial charge >= 0.3 is 12.0 Å². The number of urea groups is 1. The molecule has 2 amide bonds. The minimum Gasteiger partial charge on any atom is -0.480 e. The predicted octanol–water partition coefficient (Wildman–Crippen LogP) is 0.918. The molecule has 1 rings (SSSR count). The van der Waals surface area contributed by atoms with Crippen molar-refractivity contribution in [2.24, 2.45) is 5.92 Å². The van der Waals surface area contributed by atoms with Gasteiger partial charge in [-0.05, 0) is 19.3 Å². The Labute approximate surface area is 107 Å². The number of carboxylic acid groups (broad SMARTS) is 1. The molecule has 6 nitrogen and oxygen atoms in total. The van der Waals surface area contributed by atoms with Crippen molar-refractivity contribution >= 4 is 12.0 Å². The lowest BCUT2D eigenvalue weighted by atomic mass is 10.0. The minimum absolute atomic E-state index is 0.225.